The van der Waals surface area contributed by atoms with Crippen LogP contribution >= 0.6 is 11.6 Å². The van der Waals surface area contributed by atoms with Gasteiger partial charge in [0.15, 0.2) is 0 Å². The molecular formula is C17H22ClN5O. The third-order valence-electron chi connectivity index (χ3n) is 4.30. The van der Waals surface area contributed by atoms with Crippen molar-refractivity contribution in [1.82, 2.24) is 25.2 Å². The Labute approximate surface area is 146 Å². The fourth-order valence-electron chi connectivity index (χ4n) is 3.11. The number of carbonyl (C=O) groups is 1. The Morgan fingerprint density at radius 3 is 3.12 bits per heavy atom. The number of urea groups is 1. The quantitative estimate of drug-likeness (QED) is 0.904. The maximum absolute atomic E-state index is 12.4. The summed E-state index contributed by atoms with van der Waals surface area (Å²) in [6.07, 6.45) is 6.48. The van der Waals surface area contributed by atoms with Crippen molar-refractivity contribution in [2.45, 2.75) is 25.8 Å². The first-order valence-corrected chi connectivity index (χ1v) is 8.70. The average molecular weight is 348 g/mol. The third-order valence-corrected chi connectivity index (χ3v) is 4.54. The van der Waals surface area contributed by atoms with Crippen LogP contribution in [-0.4, -0.2) is 45.6 Å². The molecule has 1 fully saturated rings. The van der Waals surface area contributed by atoms with E-state index in [-0.39, 0.29) is 6.03 Å². The molecule has 0 radical (unpaired) electrons. The molecule has 0 aliphatic carbocycles. The zero-order valence-electron chi connectivity index (χ0n) is 13.6. The number of aromatic nitrogens is 3. The molecule has 1 atom stereocenters. The molecule has 0 unspecified atom stereocenters. The molecule has 128 valence electrons. The van der Waals surface area contributed by atoms with Crippen LogP contribution < -0.4 is 5.32 Å². The molecule has 1 aliphatic heterocycles. The van der Waals surface area contributed by atoms with E-state index < -0.39 is 0 Å². The lowest BCUT2D eigenvalue weighted by Crippen LogP contribution is -2.46. The van der Waals surface area contributed by atoms with Crippen molar-refractivity contribution in [2.24, 2.45) is 5.92 Å². The van der Waals surface area contributed by atoms with Gasteiger partial charge in [-0.25, -0.2) is 4.79 Å². The number of halogens is 1. The minimum absolute atomic E-state index is 0.0142. The van der Waals surface area contributed by atoms with E-state index in [0.717, 1.165) is 49.5 Å². The molecular weight excluding hydrogens is 326 g/mol. The van der Waals surface area contributed by atoms with Crippen LogP contribution in [0.25, 0.3) is 0 Å². The molecule has 7 heteroatoms. The van der Waals surface area contributed by atoms with Gasteiger partial charge >= 0.3 is 6.03 Å². The number of amides is 2. The first-order valence-electron chi connectivity index (χ1n) is 8.32. The monoisotopic (exact) mass is 347 g/mol. The van der Waals surface area contributed by atoms with E-state index in [1.54, 1.807) is 6.20 Å². The van der Waals surface area contributed by atoms with Crippen LogP contribution in [0.3, 0.4) is 0 Å². The van der Waals surface area contributed by atoms with Crippen LogP contribution in [0, 0.1) is 5.92 Å². The van der Waals surface area contributed by atoms with E-state index in [0.29, 0.717) is 12.5 Å². The van der Waals surface area contributed by atoms with E-state index >= 15 is 0 Å². The summed E-state index contributed by atoms with van der Waals surface area (Å²) in [4.78, 5) is 14.3. The Kier molecular flexibility index (Phi) is 5.69. The van der Waals surface area contributed by atoms with Crippen LogP contribution in [0.5, 0.6) is 0 Å². The first kappa shape index (κ1) is 16.8. The summed E-state index contributed by atoms with van der Waals surface area (Å²) in [6, 6.07) is 7.75. The number of hydrogen-bond acceptors (Lipinski definition) is 3. The van der Waals surface area contributed by atoms with Crippen molar-refractivity contribution in [3.8, 4) is 0 Å². The maximum Gasteiger partial charge on any atom is 0.317 e. The molecule has 0 bridgehead atoms. The van der Waals surface area contributed by atoms with Gasteiger partial charge in [0.05, 0.1) is 6.20 Å². The van der Waals surface area contributed by atoms with Crippen LogP contribution in [-0.2, 0) is 13.0 Å². The molecule has 24 heavy (non-hydrogen) atoms. The van der Waals surface area contributed by atoms with E-state index in [9.17, 15) is 4.79 Å². The summed E-state index contributed by atoms with van der Waals surface area (Å²) in [5, 5.41) is 11.6. The van der Waals surface area contributed by atoms with E-state index in [1.807, 2.05) is 40.0 Å². The predicted octanol–water partition coefficient (Wildman–Crippen LogP) is 2.60. The summed E-state index contributed by atoms with van der Waals surface area (Å²) in [6.45, 7) is 3.01. The molecule has 6 nitrogen and oxygen atoms in total. The minimum atomic E-state index is 0.0142. The summed E-state index contributed by atoms with van der Waals surface area (Å²) in [7, 11) is 0. The second-order valence-electron chi connectivity index (χ2n) is 6.19. The molecule has 1 aromatic carbocycles. The van der Waals surface area contributed by atoms with Crippen molar-refractivity contribution in [2.75, 3.05) is 19.6 Å². The van der Waals surface area contributed by atoms with E-state index in [4.69, 9.17) is 11.6 Å². The highest BCUT2D eigenvalue weighted by Crippen LogP contribution is 2.18. The highest BCUT2D eigenvalue weighted by molar-refractivity contribution is 6.30. The van der Waals surface area contributed by atoms with Gasteiger partial charge in [-0.3, -0.25) is 4.68 Å². The topological polar surface area (TPSA) is 63.1 Å². The fourth-order valence-corrected chi connectivity index (χ4v) is 3.32. The minimum Gasteiger partial charge on any atom is -0.338 e. The maximum atomic E-state index is 12.4. The fraction of sp³-hybridized carbons (Fsp3) is 0.471. The largest absolute Gasteiger partial charge is 0.338 e. The molecule has 0 saturated carbocycles. The Morgan fingerprint density at radius 1 is 1.42 bits per heavy atom. The van der Waals surface area contributed by atoms with Crippen molar-refractivity contribution >= 4 is 17.6 Å². The smallest absolute Gasteiger partial charge is 0.317 e. The highest BCUT2D eigenvalue weighted by Gasteiger charge is 2.23. The lowest BCUT2D eigenvalue weighted by atomic mass is 9.98. The molecule has 2 heterocycles. The van der Waals surface area contributed by atoms with Gasteiger partial charge in [0, 0.05) is 37.4 Å². The molecule has 2 aromatic rings. The molecule has 1 saturated heterocycles. The Balaban J connectivity index is 1.44. The summed E-state index contributed by atoms with van der Waals surface area (Å²) >= 11 is 5.98. The number of nitrogens with zero attached hydrogens (tertiary/aromatic N) is 4. The zero-order valence-corrected chi connectivity index (χ0v) is 14.3. The SMILES string of the molecule is O=C(NCCc1cccc(Cl)c1)N1CCC[C@@H](Cn2ccnn2)C1. The standard InChI is InChI=1S/C17H22ClN5O/c18-16-5-1-3-14(11-16)6-7-19-17(24)22-9-2-4-15(12-22)13-23-10-8-20-21-23/h1,3,5,8,10-11,15H,2,4,6-7,9,12-13H2,(H,19,24)/t15-/m1/s1. The molecule has 1 aromatic heterocycles. The van der Waals surface area contributed by atoms with Crippen LogP contribution in [0.1, 0.15) is 18.4 Å². The van der Waals surface area contributed by atoms with E-state index in [2.05, 4.69) is 15.6 Å². The van der Waals surface area contributed by atoms with Crippen molar-refractivity contribution in [3.05, 3.63) is 47.2 Å². The first-order chi connectivity index (χ1) is 11.7. The molecule has 3 rings (SSSR count). The number of carbonyl (C=O) groups excluding carboxylic acids is 1. The van der Waals surface area contributed by atoms with Gasteiger partial charge in [-0.1, -0.05) is 28.9 Å². The van der Waals surface area contributed by atoms with Gasteiger partial charge < -0.3 is 10.2 Å². The number of benzene rings is 1. The number of rotatable bonds is 5. The Bertz CT molecular complexity index is 661. The summed E-state index contributed by atoms with van der Waals surface area (Å²) < 4.78 is 1.84. The second-order valence-corrected chi connectivity index (χ2v) is 6.63. The number of piperidine rings is 1. The van der Waals surface area contributed by atoms with Gasteiger partial charge in [-0.2, -0.15) is 0 Å². The second kappa shape index (κ2) is 8.15. The number of likely N-dealkylation sites (tertiary alicyclic amines) is 1. The van der Waals surface area contributed by atoms with Gasteiger partial charge in [0.2, 0.25) is 0 Å². The van der Waals surface area contributed by atoms with Gasteiger partial charge in [0.25, 0.3) is 0 Å². The molecule has 0 spiro atoms. The zero-order chi connectivity index (χ0) is 16.8. The van der Waals surface area contributed by atoms with Gasteiger partial charge in [0.1, 0.15) is 0 Å². The van der Waals surface area contributed by atoms with Gasteiger partial charge in [-0.15, -0.1) is 5.10 Å². The van der Waals surface area contributed by atoms with E-state index in [1.165, 1.54) is 0 Å². The van der Waals surface area contributed by atoms with Crippen LogP contribution in [0.2, 0.25) is 5.02 Å². The predicted molar refractivity (Wildman–Crippen MR) is 92.9 cm³/mol. The summed E-state index contributed by atoms with van der Waals surface area (Å²) in [5.41, 5.74) is 1.13. The number of nitrogens with one attached hydrogen (secondary N) is 1. The van der Waals surface area contributed by atoms with Crippen molar-refractivity contribution < 1.29 is 4.79 Å². The third kappa shape index (κ3) is 4.71. The van der Waals surface area contributed by atoms with Crippen LogP contribution in [0.15, 0.2) is 36.7 Å². The lowest BCUT2D eigenvalue weighted by molar-refractivity contribution is 0.157. The van der Waals surface area contributed by atoms with Gasteiger partial charge in [-0.05, 0) is 42.9 Å². The Morgan fingerprint density at radius 2 is 2.33 bits per heavy atom. The van der Waals surface area contributed by atoms with Crippen LogP contribution in [0.4, 0.5) is 4.79 Å². The average Bonchev–Trinajstić information content (AvgIpc) is 3.08. The normalized spacial score (nSPS) is 17.7. The Hall–Kier alpha value is -2.08. The van der Waals surface area contributed by atoms with Crippen molar-refractivity contribution in [1.29, 1.82) is 0 Å². The van der Waals surface area contributed by atoms with Crippen molar-refractivity contribution in [3.63, 3.8) is 0 Å². The molecule has 1 N–H and O–H groups in total. The highest BCUT2D eigenvalue weighted by atomic mass is 35.5. The number of hydrogen-bond donors (Lipinski definition) is 1. The molecule has 1 aliphatic rings. The summed E-state index contributed by atoms with van der Waals surface area (Å²) in [5.74, 6) is 0.430. The molecule has 2 amide bonds. The lowest BCUT2D eigenvalue weighted by Gasteiger charge is -2.32.